The van der Waals surface area contributed by atoms with Crippen molar-refractivity contribution in [3.8, 4) is 0 Å². The van der Waals surface area contributed by atoms with Gasteiger partial charge >= 0.3 is 0 Å². The Balaban J connectivity index is 0.000000251. The second-order valence-electron chi connectivity index (χ2n) is 1.97. The highest BCUT2D eigenvalue weighted by molar-refractivity contribution is 5.80. The lowest BCUT2D eigenvalue weighted by atomic mass is 10.5. The lowest BCUT2D eigenvalue weighted by Gasteiger charge is -1.89. The van der Waals surface area contributed by atoms with Crippen LogP contribution >= 0.6 is 0 Å². The van der Waals surface area contributed by atoms with E-state index < -0.39 is 0 Å². The number of imidazole rings is 1. The minimum atomic E-state index is 0.433. The zero-order valence-corrected chi connectivity index (χ0v) is 6.52. The van der Waals surface area contributed by atoms with Gasteiger partial charge in [0.2, 0.25) is 4.91 Å². The molecule has 2 aromatic rings. The summed E-state index contributed by atoms with van der Waals surface area (Å²) >= 11 is 0. The normalized spacial score (nSPS) is 8.62. The molecule has 0 atom stereocenters. The van der Waals surface area contributed by atoms with Crippen LogP contribution in [-0.2, 0) is 0 Å². The third-order valence-corrected chi connectivity index (χ3v) is 1.25. The van der Waals surface area contributed by atoms with Crippen molar-refractivity contribution in [3.63, 3.8) is 0 Å². The first kappa shape index (κ1) is 8.75. The fourth-order valence-corrected chi connectivity index (χ4v) is 0.784. The molecule has 13 heavy (non-hydrogen) atoms. The molecule has 0 bridgehead atoms. The molecule has 0 aliphatic carbocycles. The van der Waals surface area contributed by atoms with Crippen molar-refractivity contribution < 1.29 is 0 Å². The molecule has 0 saturated carbocycles. The summed E-state index contributed by atoms with van der Waals surface area (Å²) in [6.45, 7) is 0. The van der Waals surface area contributed by atoms with Crippen LogP contribution in [0.2, 0.25) is 0 Å². The van der Waals surface area contributed by atoms with E-state index in [0.29, 0.717) is 17.0 Å². The number of nitrogens with two attached hydrogens (primary N) is 1. The summed E-state index contributed by atoms with van der Waals surface area (Å²) in [6, 6.07) is 0. The molecule has 0 aromatic carbocycles. The molecule has 0 unspecified atom stereocenters. The zero-order valence-electron chi connectivity index (χ0n) is 6.52. The van der Waals surface area contributed by atoms with Crippen LogP contribution in [0.4, 0.5) is 5.82 Å². The quantitative estimate of drug-likeness (QED) is 0.334. The van der Waals surface area contributed by atoms with Crippen LogP contribution in [0.3, 0.4) is 0 Å². The lowest BCUT2D eigenvalue weighted by Crippen LogP contribution is -1.91. The molecule has 8 nitrogen and oxygen atoms in total. The highest BCUT2D eigenvalue weighted by atomic mass is 15.0. The average molecular weight is 179 g/mol. The van der Waals surface area contributed by atoms with Gasteiger partial charge in [-0.2, -0.15) is 0 Å². The van der Waals surface area contributed by atoms with Crippen LogP contribution in [0.25, 0.3) is 11.2 Å². The van der Waals surface area contributed by atoms with E-state index in [0.717, 1.165) is 0 Å². The second kappa shape index (κ2) is 3.88. The van der Waals surface area contributed by atoms with Crippen molar-refractivity contribution in [2.24, 2.45) is 0 Å². The number of anilines is 1. The van der Waals surface area contributed by atoms with Gasteiger partial charge in [-0.05, 0) is 0 Å². The smallest absolute Gasteiger partial charge is 0.211 e. The molecule has 0 amide bonds. The standard InChI is InChI=1S/C5H5N5.H2N3/c6-4-3-5(9-1-7-3)10-2-8-4;1-3-2/h1-2H,(H3,6,7,8,9,10);1-2H/q;+1. The zero-order chi connectivity index (χ0) is 9.68. The summed E-state index contributed by atoms with van der Waals surface area (Å²) in [7, 11) is 0. The monoisotopic (exact) mass is 179 g/mol. The lowest BCUT2D eigenvalue weighted by molar-refractivity contribution is 0.928. The maximum absolute atomic E-state index is 5.50. The molecule has 0 aliphatic heterocycles. The molecule has 66 valence electrons. The largest absolute Gasteiger partial charge is 0.382 e. The Morgan fingerprint density at radius 3 is 2.62 bits per heavy atom. The van der Waals surface area contributed by atoms with Crippen molar-refractivity contribution in [2.75, 3.05) is 5.73 Å². The third-order valence-electron chi connectivity index (χ3n) is 1.25. The highest BCUT2D eigenvalue weighted by Gasteiger charge is 1.99. The first-order valence-electron chi connectivity index (χ1n) is 3.22. The van der Waals surface area contributed by atoms with Gasteiger partial charge in [0.25, 0.3) is 0 Å². The van der Waals surface area contributed by atoms with E-state index >= 15 is 0 Å². The van der Waals surface area contributed by atoms with Crippen LogP contribution in [0.5, 0.6) is 0 Å². The predicted molar refractivity (Wildman–Crippen MR) is 43.7 cm³/mol. The maximum Gasteiger partial charge on any atom is 0.211 e. The van der Waals surface area contributed by atoms with E-state index in [2.05, 4.69) is 19.9 Å². The first-order valence-corrected chi connectivity index (χ1v) is 3.22. The van der Waals surface area contributed by atoms with Crippen LogP contribution in [-0.4, -0.2) is 19.9 Å². The number of nitrogens with one attached hydrogen (secondary N) is 3. The molecule has 8 heteroatoms. The van der Waals surface area contributed by atoms with Crippen molar-refractivity contribution in [1.29, 1.82) is 11.1 Å². The Morgan fingerprint density at radius 1 is 1.31 bits per heavy atom. The Hall–Kier alpha value is -2.34. The number of nitrogens with zero attached hydrogens (tertiary/aromatic N) is 4. The topological polar surface area (TPSA) is 142 Å². The molecular weight excluding hydrogens is 172 g/mol. The van der Waals surface area contributed by atoms with E-state index in [9.17, 15) is 0 Å². The summed E-state index contributed by atoms with van der Waals surface area (Å²) in [5, 5.41) is 0. The fraction of sp³-hybridized carbons (Fsp3) is 0. The van der Waals surface area contributed by atoms with Crippen molar-refractivity contribution in [1.82, 2.24) is 24.8 Å². The third kappa shape index (κ3) is 1.82. The van der Waals surface area contributed by atoms with E-state index in [4.69, 9.17) is 16.8 Å². The van der Waals surface area contributed by atoms with Gasteiger partial charge in [0.1, 0.15) is 22.9 Å². The average Bonchev–Trinajstić information content (AvgIpc) is 2.54. The molecule has 0 radical (unpaired) electrons. The molecule has 2 aromatic heterocycles. The predicted octanol–water partition coefficient (Wildman–Crippen LogP) is 0.0506. The second-order valence-corrected chi connectivity index (χ2v) is 1.97. The molecule has 0 aliphatic rings. The minimum absolute atomic E-state index is 0.433. The number of aromatic amines is 1. The number of H-pyrrole nitrogens is 1. The van der Waals surface area contributed by atoms with Crippen molar-refractivity contribution >= 4 is 17.0 Å². The SMILES string of the molecule is N=[N+]=N.Nc1ncnc2nc[nH]c12. The van der Waals surface area contributed by atoms with E-state index in [1.807, 2.05) is 4.91 Å². The highest BCUT2D eigenvalue weighted by Crippen LogP contribution is 2.09. The van der Waals surface area contributed by atoms with Crippen LogP contribution < -0.4 is 10.6 Å². The van der Waals surface area contributed by atoms with Gasteiger partial charge in [0.15, 0.2) is 11.5 Å². The van der Waals surface area contributed by atoms with E-state index in [1.165, 1.54) is 12.7 Å². The Morgan fingerprint density at radius 2 is 2.00 bits per heavy atom. The van der Waals surface area contributed by atoms with Gasteiger partial charge in [-0.1, -0.05) is 0 Å². The molecule has 5 N–H and O–H groups in total. The summed E-state index contributed by atoms with van der Waals surface area (Å²) in [6.07, 6.45) is 2.92. The van der Waals surface area contributed by atoms with Gasteiger partial charge in [0.05, 0.1) is 6.33 Å². The summed E-state index contributed by atoms with van der Waals surface area (Å²) in [5.41, 5.74) is 17.8. The minimum Gasteiger partial charge on any atom is -0.382 e. The number of hydrogen-bond donors (Lipinski definition) is 4. The molecular formula is C5H7N8+. The summed E-state index contributed by atoms with van der Waals surface area (Å²) < 4.78 is 0. The van der Waals surface area contributed by atoms with Crippen LogP contribution in [0.15, 0.2) is 12.7 Å². The summed E-state index contributed by atoms with van der Waals surface area (Å²) in [5.74, 6) is 0.433. The van der Waals surface area contributed by atoms with Gasteiger partial charge in [-0.3, -0.25) is 0 Å². The van der Waals surface area contributed by atoms with Gasteiger partial charge in [-0.15, -0.1) is 0 Å². The Bertz CT molecular complexity index is 425. The van der Waals surface area contributed by atoms with Gasteiger partial charge in [0, 0.05) is 0 Å². The first-order chi connectivity index (χ1) is 6.29. The molecule has 2 heterocycles. The van der Waals surface area contributed by atoms with Crippen LogP contribution in [0, 0.1) is 11.1 Å². The molecule has 2 rings (SSSR count). The number of aromatic nitrogens is 4. The van der Waals surface area contributed by atoms with Gasteiger partial charge < -0.3 is 10.7 Å². The Kier molecular flexibility index (Phi) is 2.61. The van der Waals surface area contributed by atoms with Crippen molar-refractivity contribution in [2.45, 2.75) is 0 Å². The number of fused-ring (bicyclic) bond motifs is 1. The fourth-order valence-electron chi connectivity index (χ4n) is 0.784. The summed E-state index contributed by atoms with van der Waals surface area (Å²) in [4.78, 5) is 16.4. The van der Waals surface area contributed by atoms with Gasteiger partial charge in [-0.25, -0.2) is 15.0 Å². The molecule has 0 spiro atoms. The number of nitrogen functional groups attached to an aromatic ring is 1. The van der Waals surface area contributed by atoms with Crippen molar-refractivity contribution in [3.05, 3.63) is 12.7 Å². The molecule has 0 fully saturated rings. The van der Waals surface area contributed by atoms with E-state index in [-0.39, 0.29) is 0 Å². The molecule has 0 saturated heterocycles. The Labute approximate surface area is 72.3 Å². The number of rotatable bonds is 0. The maximum atomic E-state index is 5.50. The van der Waals surface area contributed by atoms with E-state index in [1.54, 1.807) is 0 Å². The number of hydrogen-bond acceptors (Lipinski definition) is 6. The van der Waals surface area contributed by atoms with Crippen LogP contribution in [0.1, 0.15) is 0 Å².